The monoisotopic (exact) mass is 350 g/mol. The molecule has 2 heterocycles. The molecule has 0 bridgehead atoms. The first kappa shape index (κ1) is 14.0. The number of aromatic nitrogens is 1. The number of hydrogen-bond donors (Lipinski definition) is 1. The fourth-order valence-corrected chi connectivity index (χ4v) is 2.88. The Morgan fingerprint density at radius 3 is 2.86 bits per heavy atom. The Labute approximate surface area is 129 Å². The number of ether oxygens (including phenoxy) is 1. The van der Waals surface area contributed by atoms with Crippen LogP contribution in [0.2, 0.25) is 0 Å². The van der Waals surface area contributed by atoms with Gasteiger partial charge >= 0.3 is 6.09 Å². The first-order chi connectivity index (χ1) is 10.0. The Hall–Kier alpha value is -1.95. The molecule has 1 saturated heterocycles. The molecule has 108 valence electrons. The van der Waals surface area contributed by atoms with E-state index in [0.717, 1.165) is 10.0 Å². The Bertz CT molecular complexity index is 710. The Balaban J connectivity index is 2.11. The molecule has 6 heteroatoms. The summed E-state index contributed by atoms with van der Waals surface area (Å²) >= 11 is 3.35. The van der Waals surface area contributed by atoms with E-state index in [0.29, 0.717) is 5.56 Å². The van der Waals surface area contributed by atoms with Crippen molar-refractivity contribution in [1.82, 2.24) is 10.3 Å². The molecule has 1 aliphatic rings. The fraction of sp³-hybridized carbons (Fsp3) is 0.200. The van der Waals surface area contributed by atoms with Gasteiger partial charge in [-0.05, 0) is 35.0 Å². The maximum Gasteiger partial charge on any atom is 0.408 e. The summed E-state index contributed by atoms with van der Waals surface area (Å²) in [6.45, 7) is 1.79. The van der Waals surface area contributed by atoms with Gasteiger partial charge in [0.05, 0.1) is 0 Å². The highest BCUT2D eigenvalue weighted by molar-refractivity contribution is 9.10. The maximum atomic E-state index is 14.1. The third-order valence-electron chi connectivity index (χ3n) is 3.60. The lowest BCUT2D eigenvalue weighted by Gasteiger charge is -2.29. The molecule has 0 spiro atoms. The summed E-state index contributed by atoms with van der Waals surface area (Å²) < 4.78 is 20.1. The molecule has 1 aromatic carbocycles. The van der Waals surface area contributed by atoms with Crippen LogP contribution in [0.25, 0.3) is 0 Å². The Morgan fingerprint density at radius 1 is 1.38 bits per heavy atom. The summed E-state index contributed by atoms with van der Waals surface area (Å²) in [4.78, 5) is 15.8. The van der Waals surface area contributed by atoms with Crippen LogP contribution in [0.4, 0.5) is 9.18 Å². The average molecular weight is 351 g/mol. The van der Waals surface area contributed by atoms with Gasteiger partial charge < -0.3 is 10.1 Å². The van der Waals surface area contributed by atoms with Crippen molar-refractivity contribution >= 4 is 22.0 Å². The number of nitrogens with zero attached hydrogens (tertiary/aromatic N) is 1. The number of rotatable bonds is 2. The highest BCUT2D eigenvalue weighted by Crippen LogP contribution is 2.42. The van der Waals surface area contributed by atoms with Crippen LogP contribution in [0.1, 0.15) is 24.2 Å². The zero-order valence-electron chi connectivity index (χ0n) is 11.1. The predicted octanol–water partition coefficient (Wildman–Crippen LogP) is 3.68. The third kappa shape index (κ3) is 2.40. The lowest BCUT2D eigenvalue weighted by atomic mass is 9.84. The summed E-state index contributed by atoms with van der Waals surface area (Å²) in [6.07, 6.45) is 1.93. The molecule has 3 rings (SSSR count). The van der Waals surface area contributed by atoms with Gasteiger partial charge in [-0.25, -0.2) is 9.18 Å². The van der Waals surface area contributed by atoms with E-state index < -0.39 is 23.6 Å². The number of halogens is 2. The highest BCUT2D eigenvalue weighted by Gasteiger charge is 2.48. The van der Waals surface area contributed by atoms with Crippen LogP contribution in [0.15, 0.2) is 47.2 Å². The van der Waals surface area contributed by atoms with Gasteiger partial charge in [-0.3, -0.25) is 4.98 Å². The van der Waals surface area contributed by atoms with Gasteiger partial charge in [-0.15, -0.1) is 0 Å². The van der Waals surface area contributed by atoms with Crippen LogP contribution < -0.4 is 5.32 Å². The zero-order chi connectivity index (χ0) is 15.0. The lowest BCUT2D eigenvalue weighted by molar-refractivity contribution is 0.110. The minimum atomic E-state index is -0.893. The smallest absolute Gasteiger partial charge is 0.408 e. The van der Waals surface area contributed by atoms with Crippen LogP contribution in [0.5, 0.6) is 0 Å². The number of carbonyl (C=O) groups is 1. The molecule has 1 N–H and O–H groups in total. The number of benzene rings is 1. The Morgan fingerprint density at radius 2 is 2.14 bits per heavy atom. The third-order valence-corrected chi connectivity index (χ3v) is 4.04. The van der Waals surface area contributed by atoms with Gasteiger partial charge in [0, 0.05) is 28.0 Å². The van der Waals surface area contributed by atoms with Crippen molar-refractivity contribution in [3.05, 3.63) is 64.1 Å². The summed E-state index contributed by atoms with van der Waals surface area (Å²) in [6, 6.07) is 8.10. The second-order valence-corrected chi connectivity index (χ2v) is 5.94. The number of carbonyl (C=O) groups excluding carboxylic acids is 1. The molecule has 2 atom stereocenters. The first-order valence-electron chi connectivity index (χ1n) is 6.35. The molecule has 1 aliphatic heterocycles. The zero-order valence-corrected chi connectivity index (χ0v) is 12.7. The largest absolute Gasteiger partial charge is 0.438 e. The highest BCUT2D eigenvalue weighted by atomic mass is 79.9. The minimum Gasteiger partial charge on any atom is -0.438 e. The van der Waals surface area contributed by atoms with Gasteiger partial charge in [-0.1, -0.05) is 18.2 Å². The second kappa shape index (κ2) is 5.11. The van der Waals surface area contributed by atoms with Gasteiger partial charge in [0.15, 0.2) is 6.10 Å². The summed E-state index contributed by atoms with van der Waals surface area (Å²) in [7, 11) is 0. The SMILES string of the molecule is CC1(c2cncc(Br)c2)NC(=O)OC1c1ccccc1F. The number of pyridine rings is 1. The van der Waals surface area contributed by atoms with Crippen LogP contribution in [-0.4, -0.2) is 11.1 Å². The van der Waals surface area contributed by atoms with Crippen molar-refractivity contribution in [2.75, 3.05) is 0 Å². The van der Waals surface area contributed by atoms with Gasteiger partial charge in [0.2, 0.25) is 0 Å². The number of nitrogens with one attached hydrogen (secondary N) is 1. The fourth-order valence-electron chi connectivity index (χ4n) is 2.51. The topological polar surface area (TPSA) is 51.2 Å². The number of hydrogen-bond acceptors (Lipinski definition) is 3. The van der Waals surface area contributed by atoms with Crippen LogP contribution >= 0.6 is 15.9 Å². The standard InChI is InChI=1S/C15H12BrFN2O2/c1-15(9-6-10(16)8-18-7-9)13(21-14(20)19-15)11-4-2-3-5-12(11)17/h2-8,13H,1H3,(H,19,20). The van der Waals surface area contributed by atoms with E-state index in [2.05, 4.69) is 26.2 Å². The first-order valence-corrected chi connectivity index (χ1v) is 7.14. The molecular weight excluding hydrogens is 339 g/mol. The van der Waals surface area contributed by atoms with Crippen molar-refractivity contribution in [3.8, 4) is 0 Å². The molecule has 1 aromatic heterocycles. The molecule has 2 unspecified atom stereocenters. The van der Waals surface area contributed by atoms with E-state index in [9.17, 15) is 9.18 Å². The minimum absolute atomic E-state index is 0.332. The molecule has 1 amide bonds. The normalized spacial score (nSPS) is 24.5. The summed E-state index contributed by atoms with van der Waals surface area (Å²) in [5.41, 5.74) is 0.171. The van der Waals surface area contributed by atoms with E-state index in [1.165, 1.54) is 6.07 Å². The van der Waals surface area contributed by atoms with E-state index >= 15 is 0 Å². The maximum absolute atomic E-state index is 14.1. The number of amides is 1. The van der Waals surface area contributed by atoms with Crippen molar-refractivity contribution in [3.63, 3.8) is 0 Å². The van der Waals surface area contributed by atoms with Crippen molar-refractivity contribution < 1.29 is 13.9 Å². The van der Waals surface area contributed by atoms with Gasteiger partial charge in [0.25, 0.3) is 0 Å². The molecule has 1 fully saturated rings. The van der Waals surface area contributed by atoms with E-state index in [4.69, 9.17) is 4.74 Å². The molecule has 0 aliphatic carbocycles. The van der Waals surface area contributed by atoms with E-state index in [1.807, 2.05) is 6.07 Å². The molecule has 2 aromatic rings. The number of cyclic esters (lactones) is 1. The average Bonchev–Trinajstić information content (AvgIpc) is 2.76. The molecule has 0 radical (unpaired) electrons. The molecule has 4 nitrogen and oxygen atoms in total. The molecule has 0 saturated carbocycles. The van der Waals surface area contributed by atoms with Crippen molar-refractivity contribution in [1.29, 1.82) is 0 Å². The predicted molar refractivity (Wildman–Crippen MR) is 78.0 cm³/mol. The molecule has 21 heavy (non-hydrogen) atoms. The van der Waals surface area contributed by atoms with Gasteiger partial charge in [0.1, 0.15) is 11.4 Å². The van der Waals surface area contributed by atoms with Crippen molar-refractivity contribution in [2.45, 2.75) is 18.6 Å². The van der Waals surface area contributed by atoms with Gasteiger partial charge in [-0.2, -0.15) is 0 Å². The van der Waals surface area contributed by atoms with Crippen LogP contribution in [0.3, 0.4) is 0 Å². The summed E-state index contributed by atoms with van der Waals surface area (Å²) in [5, 5.41) is 2.76. The quantitative estimate of drug-likeness (QED) is 0.898. The Kier molecular flexibility index (Phi) is 3.41. The molecular formula is C15H12BrFN2O2. The number of alkyl carbamates (subject to hydrolysis) is 1. The van der Waals surface area contributed by atoms with E-state index in [1.54, 1.807) is 37.5 Å². The second-order valence-electron chi connectivity index (χ2n) is 5.03. The van der Waals surface area contributed by atoms with Crippen molar-refractivity contribution in [2.24, 2.45) is 0 Å². The van der Waals surface area contributed by atoms with Crippen LogP contribution in [0, 0.1) is 5.82 Å². The van der Waals surface area contributed by atoms with Crippen LogP contribution in [-0.2, 0) is 10.3 Å². The lowest BCUT2D eigenvalue weighted by Crippen LogP contribution is -2.39. The summed E-state index contributed by atoms with van der Waals surface area (Å²) in [5.74, 6) is -0.409. The van der Waals surface area contributed by atoms with E-state index in [-0.39, 0.29) is 0 Å².